The summed E-state index contributed by atoms with van der Waals surface area (Å²) >= 11 is 0. The molecule has 0 fully saturated rings. The maximum Gasteiger partial charge on any atom is 0.573 e. The van der Waals surface area contributed by atoms with Crippen LogP contribution in [0.25, 0.3) is 0 Å². The molecule has 0 heterocycles. The summed E-state index contributed by atoms with van der Waals surface area (Å²) in [6.07, 6.45) is -1.47. The fourth-order valence-corrected chi connectivity index (χ4v) is 4.51. The lowest BCUT2D eigenvalue weighted by Gasteiger charge is -2.19. The standard InChI is InChI=1S/2C13H20.C12H15F3O/c1-10-6-7-12(8-11(10)2)9-13(3,4)5;1-10-6-7-11(2)12(8-10)9-13(3,4)5;1-11(2,3)8-9-4-6-10(7-5-9)16-12(13,14)15/h2*6-8H,9H2,1-5H3;4-7H,8H2,1-3H3. The van der Waals surface area contributed by atoms with Crippen LogP contribution in [0.3, 0.4) is 0 Å². The lowest BCUT2D eigenvalue weighted by atomic mass is 9.86. The van der Waals surface area contributed by atoms with Crippen molar-refractivity contribution >= 4 is 0 Å². The van der Waals surface area contributed by atoms with Crippen LogP contribution in [-0.4, -0.2) is 6.36 Å². The predicted molar refractivity (Wildman–Crippen MR) is 174 cm³/mol. The van der Waals surface area contributed by atoms with Crippen molar-refractivity contribution in [2.24, 2.45) is 16.2 Å². The summed E-state index contributed by atoms with van der Waals surface area (Å²) in [7, 11) is 0. The van der Waals surface area contributed by atoms with Crippen LogP contribution in [0.1, 0.15) is 101 Å². The maximum atomic E-state index is 11.9. The first-order valence-electron chi connectivity index (χ1n) is 14.9. The molecular formula is C38H55F3O. The SMILES string of the molecule is CC(C)(C)Cc1ccc(OC(F)(F)F)cc1.Cc1ccc(C)c(CC(C)(C)C)c1.Cc1ccc(CC(C)(C)C)cc1C. The quantitative estimate of drug-likeness (QED) is 0.296. The first-order chi connectivity index (χ1) is 18.9. The van der Waals surface area contributed by atoms with Gasteiger partial charge in [-0.25, -0.2) is 0 Å². The maximum absolute atomic E-state index is 11.9. The molecule has 3 rings (SSSR count). The summed E-state index contributed by atoms with van der Waals surface area (Å²) in [6.45, 7) is 28.6. The van der Waals surface area contributed by atoms with E-state index in [2.05, 4.69) is 131 Å². The molecule has 0 aliphatic rings. The first-order valence-corrected chi connectivity index (χ1v) is 14.9. The minimum atomic E-state index is -4.62. The Balaban J connectivity index is 0.000000318. The second kappa shape index (κ2) is 15.1. The molecule has 0 saturated heterocycles. The number of ether oxygens (including phenoxy) is 1. The molecule has 0 N–H and O–H groups in total. The van der Waals surface area contributed by atoms with Gasteiger partial charge < -0.3 is 4.74 Å². The number of rotatable bonds is 4. The number of alkyl halides is 3. The van der Waals surface area contributed by atoms with Crippen LogP contribution >= 0.6 is 0 Å². The van der Waals surface area contributed by atoms with Gasteiger partial charge in [-0.1, -0.05) is 116 Å². The highest BCUT2D eigenvalue weighted by molar-refractivity contribution is 5.32. The highest BCUT2D eigenvalue weighted by atomic mass is 19.4. The van der Waals surface area contributed by atoms with Gasteiger partial charge in [0.1, 0.15) is 5.75 Å². The second-order valence-electron chi connectivity index (χ2n) is 15.3. The summed E-state index contributed by atoms with van der Waals surface area (Å²) < 4.78 is 39.5. The topological polar surface area (TPSA) is 9.23 Å². The molecule has 0 aromatic heterocycles. The zero-order valence-electron chi connectivity index (χ0n) is 28.4. The summed E-state index contributed by atoms with van der Waals surface area (Å²) in [6, 6.07) is 19.5. The van der Waals surface area contributed by atoms with Gasteiger partial charge in [0.05, 0.1) is 0 Å². The Morgan fingerprint density at radius 3 is 1.40 bits per heavy atom. The molecule has 1 nitrogen and oxygen atoms in total. The third-order valence-electron chi connectivity index (χ3n) is 6.42. The molecule has 0 radical (unpaired) electrons. The van der Waals surface area contributed by atoms with Crippen molar-refractivity contribution in [3.05, 3.63) is 99.6 Å². The zero-order valence-corrected chi connectivity index (χ0v) is 28.4. The normalized spacial score (nSPS) is 12.1. The number of benzene rings is 3. The lowest BCUT2D eigenvalue weighted by molar-refractivity contribution is -0.274. The van der Waals surface area contributed by atoms with Crippen LogP contribution in [0, 0.1) is 43.9 Å². The predicted octanol–water partition coefficient (Wildman–Crippen LogP) is 12.0. The Labute approximate surface area is 254 Å². The van der Waals surface area contributed by atoms with Gasteiger partial charge in [0.2, 0.25) is 0 Å². The molecule has 0 aliphatic heterocycles. The molecule has 3 aromatic rings. The monoisotopic (exact) mass is 584 g/mol. The van der Waals surface area contributed by atoms with Crippen LogP contribution in [0.4, 0.5) is 13.2 Å². The minimum Gasteiger partial charge on any atom is -0.406 e. The summed E-state index contributed by atoms with van der Waals surface area (Å²) in [5.41, 5.74) is 10.4. The average molecular weight is 585 g/mol. The Kier molecular flexibility index (Phi) is 13.4. The van der Waals surface area contributed by atoms with Crippen LogP contribution in [0.5, 0.6) is 5.75 Å². The summed E-state index contributed by atoms with van der Waals surface area (Å²) in [4.78, 5) is 0. The Morgan fingerprint density at radius 1 is 0.500 bits per heavy atom. The van der Waals surface area contributed by atoms with E-state index < -0.39 is 6.36 Å². The van der Waals surface area contributed by atoms with Crippen LogP contribution in [0.2, 0.25) is 0 Å². The Hall–Kier alpha value is -2.75. The molecule has 42 heavy (non-hydrogen) atoms. The van der Waals surface area contributed by atoms with Gasteiger partial charge in [-0.2, -0.15) is 0 Å². The van der Waals surface area contributed by atoms with Crippen molar-refractivity contribution < 1.29 is 17.9 Å². The van der Waals surface area contributed by atoms with Gasteiger partial charge in [0.25, 0.3) is 0 Å². The van der Waals surface area contributed by atoms with Crippen molar-refractivity contribution in [2.45, 2.75) is 116 Å². The third-order valence-corrected chi connectivity index (χ3v) is 6.42. The highest BCUT2D eigenvalue weighted by Gasteiger charge is 2.31. The fourth-order valence-electron chi connectivity index (χ4n) is 4.51. The second-order valence-corrected chi connectivity index (χ2v) is 15.3. The van der Waals surface area contributed by atoms with E-state index in [0.717, 1.165) is 18.4 Å². The van der Waals surface area contributed by atoms with Gasteiger partial charge in [0.15, 0.2) is 0 Å². The number of aryl methyl sites for hydroxylation is 4. The number of hydrogen-bond acceptors (Lipinski definition) is 1. The van der Waals surface area contributed by atoms with Crippen LogP contribution < -0.4 is 4.74 Å². The van der Waals surface area contributed by atoms with E-state index in [1.165, 1.54) is 51.9 Å². The molecular weight excluding hydrogens is 529 g/mol. The van der Waals surface area contributed by atoms with E-state index in [0.29, 0.717) is 10.8 Å². The molecule has 0 aliphatic carbocycles. The lowest BCUT2D eigenvalue weighted by Crippen LogP contribution is -2.17. The molecule has 0 atom stereocenters. The van der Waals surface area contributed by atoms with E-state index in [1.54, 1.807) is 12.1 Å². The fraction of sp³-hybridized carbons (Fsp3) is 0.526. The largest absolute Gasteiger partial charge is 0.573 e. The molecule has 234 valence electrons. The van der Waals surface area contributed by atoms with Crippen molar-refractivity contribution in [1.29, 1.82) is 0 Å². The number of halogens is 3. The van der Waals surface area contributed by atoms with Gasteiger partial charge in [0, 0.05) is 0 Å². The zero-order chi connectivity index (χ0) is 32.5. The van der Waals surface area contributed by atoms with Crippen molar-refractivity contribution in [3.63, 3.8) is 0 Å². The number of hydrogen-bond donors (Lipinski definition) is 0. The third kappa shape index (κ3) is 17.3. The van der Waals surface area contributed by atoms with E-state index in [-0.39, 0.29) is 11.2 Å². The molecule has 0 amide bonds. The van der Waals surface area contributed by atoms with Gasteiger partial charge in [-0.3, -0.25) is 0 Å². The summed E-state index contributed by atoms with van der Waals surface area (Å²) in [5.74, 6) is -0.176. The van der Waals surface area contributed by atoms with Crippen LogP contribution in [-0.2, 0) is 19.3 Å². The molecule has 0 spiro atoms. The average Bonchev–Trinajstić information content (AvgIpc) is 2.77. The van der Waals surface area contributed by atoms with E-state index >= 15 is 0 Å². The van der Waals surface area contributed by atoms with E-state index in [4.69, 9.17) is 0 Å². The molecule has 4 heteroatoms. The van der Waals surface area contributed by atoms with E-state index in [1.807, 2.05) is 0 Å². The summed E-state index contributed by atoms with van der Waals surface area (Å²) in [5, 5.41) is 0. The van der Waals surface area contributed by atoms with Crippen molar-refractivity contribution in [1.82, 2.24) is 0 Å². The molecule has 0 saturated carbocycles. The van der Waals surface area contributed by atoms with Gasteiger partial charge >= 0.3 is 6.36 Å². The van der Waals surface area contributed by atoms with E-state index in [9.17, 15) is 13.2 Å². The molecule has 0 unspecified atom stereocenters. The van der Waals surface area contributed by atoms with Gasteiger partial charge in [-0.15, -0.1) is 13.2 Å². The van der Waals surface area contributed by atoms with Crippen LogP contribution in [0.15, 0.2) is 60.7 Å². The Bertz CT molecular complexity index is 1200. The highest BCUT2D eigenvalue weighted by Crippen LogP contribution is 2.26. The van der Waals surface area contributed by atoms with Gasteiger partial charge in [-0.05, 0) is 109 Å². The molecule has 3 aromatic carbocycles. The minimum absolute atomic E-state index is 0.117. The first kappa shape index (κ1) is 37.3. The van der Waals surface area contributed by atoms with Crippen molar-refractivity contribution in [3.8, 4) is 5.75 Å². The van der Waals surface area contributed by atoms with Crippen molar-refractivity contribution in [2.75, 3.05) is 0 Å². The smallest absolute Gasteiger partial charge is 0.406 e. The molecule has 0 bridgehead atoms. The Morgan fingerprint density at radius 2 is 0.952 bits per heavy atom.